The van der Waals surface area contributed by atoms with Crippen LogP contribution in [-0.4, -0.2) is 9.57 Å². The summed E-state index contributed by atoms with van der Waals surface area (Å²) in [7, 11) is 0. The zero-order chi connectivity index (χ0) is 9.61. The van der Waals surface area contributed by atoms with Gasteiger partial charge in [0.25, 0.3) is 0 Å². The Balaban J connectivity index is 4.08. The summed E-state index contributed by atoms with van der Waals surface area (Å²) in [4.78, 5) is 11.1. The highest BCUT2D eigenvalue weighted by Crippen LogP contribution is 2.32. The van der Waals surface area contributed by atoms with E-state index in [-0.39, 0.29) is 5.24 Å². The molecule has 3 heteroatoms. The fourth-order valence-corrected chi connectivity index (χ4v) is 2.04. The molecule has 0 bridgehead atoms. The van der Waals surface area contributed by atoms with Crippen LogP contribution in [0.1, 0.15) is 46.0 Å². The Morgan fingerprint density at radius 1 is 1.33 bits per heavy atom. The molecule has 0 aromatic heterocycles. The van der Waals surface area contributed by atoms with Gasteiger partial charge in [0, 0.05) is 0 Å². The van der Waals surface area contributed by atoms with Crippen LogP contribution in [0.2, 0.25) is 0 Å². The molecular formula is C9H16BrClO. The van der Waals surface area contributed by atoms with Crippen molar-refractivity contribution in [3.63, 3.8) is 0 Å². The number of carbonyl (C=O) groups excluding carboxylic acids is 1. The maximum absolute atomic E-state index is 11.1. The van der Waals surface area contributed by atoms with Gasteiger partial charge in [0.05, 0.1) is 4.32 Å². The van der Waals surface area contributed by atoms with Gasteiger partial charge < -0.3 is 0 Å². The van der Waals surface area contributed by atoms with E-state index in [1.165, 1.54) is 0 Å². The number of hydrogen-bond donors (Lipinski definition) is 0. The molecule has 0 aromatic carbocycles. The monoisotopic (exact) mass is 254 g/mol. The fourth-order valence-electron chi connectivity index (χ4n) is 1.17. The minimum absolute atomic E-state index is 0.252. The molecule has 1 unspecified atom stereocenters. The quantitative estimate of drug-likeness (QED) is 0.520. The lowest BCUT2D eigenvalue weighted by atomic mass is 9.98. The molecule has 0 aromatic rings. The normalized spacial score (nSPS) is 15.7. The smallest absolute Gasteiger partial charge is 0.238 e. The van der Waals surface area contributed by atoms with Gasteiger partial charge in [-0.3, -0.25) is 4.79 Å². The molecule has 0 aliphatic rings. The molecule has 0 spiro atoms. The first kappa shape index (κ1) is 12.4. The summed E-state index contributed by atoms with van der Waals surface area (Å²) < 4.78 is -0.459. The van der Waals surface area contributed by atoms with Gasteiger partial charge in [0.1, 0.15) is 0 Å². The van der Waals surface area contributed by atoms with Gasteiger partial charge in [-0.1, -0.05) is 49.0 Å². The molecule has 0 rings (SSSR count). The van der Waals surface area contributed by atoms with Gasteiger partial charge in [-0.05, 0) is 24.4 Å². The molecule has 1 nitrogen and oxygen atoms in total. The van der Waals surface area contributed by atoms with Crippen molar-refractivity contribution in [3.8, 4) is 0 Å². The zero-order valence-corrected chi connectivity index (χ0v) is 10.0. The van der Waals surface area contributed by atoms with E-state index >= 15 is 0 Å². The van der Waals surface area contributed by atoms with Gasteiger partial charge >= 0.3 is 0 Å². The molecule has 0 saturated carbocycles. The molecule has 0 fully saturated rings. The molecule has 0 radical (unpaired) electrons. The van der Waals surface area contributed by atoms with Gasteiger partial charge in [0.2, 0.25) is 5.24 Å². The molecular weight excluding hydrogens is 239 g/mol. The van der Waals surface area contributed by atoms with Crippen LogP contribution in [0.3, 0.4) is 0 Å². The number of rotatable bonds is 6. The van der Waals surface area contributed by atoms with E-state index in [2.05, 4.69) is 29.8 Å². The average Bonchev–Trinajstić information content (AvgIpc) is 2.01. The standard InChI is InChI=1S/C9H16BrClO/c1-3-5-7-9(10,6-4-2)8(11)12/h3-7H2,1-2H3. The van der Waals surface area contributed by atoms with E-state index in [9.17, 15) is 4.79 Å². The summed E-state index contributed by atoms with van der Waals surface area (Å²) in [6.07, 6.45) is 4.80. The van der Waals surface area contributed by atoms with Crippen molar-refractivity contribution in [1.29, 1.82) is 0 Å². The van der Waals surface area contributed by atoms with Crippen molar-refractivity contribution in [1.82, 2.24) is 0 Å². The topological polar surface area (TPSA) is 17.1 Å². The van der Waals surface area contributed by atoms with E-state index < -0.39 is 4.32 Å². The van der Waals surface area contributed by atoms with Crippen LogP contribution in [0, 0.1) is 0 Å². The predicted octanol–water partition coefficient (Wildman–Crippen LogP) is 3.88. The second-order valence-electron chi connectivity index (χ2n) is 3.09. The maximum Gasteiger partial charge on any atom is 0.238 e. The van der Waals surface area contributed by atoms with Crippen LogP contribution in [0.5, 0.6) is 0 Å². The second-order valence-corrected chi connectivity index (χ2v) is 4.95. The van der Waals surface area contributed by atoms with Crippen molar-refractivity contribution < 1.29 is 4.79 Å². The molecule has 0 heterocycles. The van der Waals surface area contributed by atoms with Crippen LogP contribution in [0.15, 0.2) is 0 Å². The summed E-state index contributed by atoms with van der Waals surface area (Å²) >= 11 is 8.94. The lowest BCUT2D eigenvalue weighted by molar-refractivity contribution is -0.114. The van der Waals surface area contributed by atoms with Gasteiger partial charge in [0.15, 0.2) is 0 Å². The highest BCUT2D eigenvalue weighted by atomic mass is 79.9. The largest absolute Gasteiger partial charge is 0.280 e. The Morgan fingerprint density at radius 2 is 1.92 bits per heavy atom. The van der Waals surface area contributed by atoms with Crippen LogP contribution < -0.4 is 0 Å². The number of carbonyl (C=O) groups is 1. The lowest BCUT2D eigenvalue weighted by Crippen LogP contribution is -2.27. The van der Waals surface area contributed by atoms with Crippen LogP contribution in [0.25, 0.3) is 0 Å². The van der Waals surface area contributed by atoms with Crippen LogP contribution in [-0.2, 0) is 4.79 Å². The number of hydrogen-bond acceptors (Lipinski definition) is 1. The van der Waals surface area contributed by atoms with Crippen LogP contribution in [0.4, 0.5) is 0 Å². The van der Waals surface area contributed by atoms with E-state index in [4.69, 9.17) is 11.6 Å². The molecule has 0 aliphatic carbocycles. The summed E-state index contributed by atoms with van der Waals surface area (Å²) in [5.74, 6) is 0. The third-order valence-electron chi connectivity index (χ3n) is 1.93. The first-order chi connectivity index (χ1) is 5.56. The van der Waals surface area contributed by atoms with E-state index in [0.717, 1.165) is 32.1 Å². The molecule has 0 aliphatic heterocycles. The maximum atomic E-state index is 11.1. The minimum Gasteiger partial charge on any atom is -0.280 e. The summed E-state index contributed by atoms with van der Waals surface area (Å²) in [6.45, 7) is 4.17. The van der Waals surface area contributed by atoms with Crippen LogP contribution >= 0.6 is 27.5 Å². The summed E-state index contributed by atoms with van der Waals surface area (Å²) in [6, 6.07) is 0. The van der Waals surface area contributed by atoms with Crippen molar-refractivity contribution in [2.75, 3.05) is 0 Å². The van der Waals surface area contributed by atoms with Crippen molar-refractivity contribution in [3.05, 3.63) is 0 Å². The Hall–Kier alpha value is 0.440. The van der Waals surface area contributed by atoms with Gasteiger partial charge in [-0.2, -0.15) is 0 Å². The molecule has 0 N–H and O–H groups in total. The molecule has 1 atom stereocenters. The fraction of sp³-hybridized carbons (Fsp3) is 0.889. The van der Waals surface area contributed by atoms with Crippen molar-refractivity contribution in [2.24, 2.45) is 0 Å². The Bertz CT molecular complexity index is 149. The van der Waals surface area contributed by atoms with Gasteiger partial charge in [-0.15, -0.1) is 0 Å². The molecule has 0 saturated heterocycles. The van der Waals surface area contributed by atoms with Crippen molar-refractivity contribution in [2.45, 2.75) is 50.3 Å². The lowest BCUT2D eigenvalue weighted by Gasteiger charge is -2.21. The van der Waals surface area contributed by atoms with Crippen molar-refractivity contribution >= 4 is 32.8 Å². The highest BCUT2D eigenvalue weighted by molar-refractivity contribution is 9.10. The second kappa shape index (κ2) is 5.98. The van der Waals surface area contributed by atoms with E-state index in [1.54, 1.807) is 0 Å². The number of unbranched alkanes of at least 4 members (excludes halogenated alkanes) is 1. The predicted molar refractivity (Wildman–Crippen MR) is 57.0 cm³/mol. The highest BCUT2D eigenvalue weighted by Gasteiger charge is 2.32. The first-order valence-corrected chi connectivity index (χ1v) is 5.62. The van der Waals surface area contributed by atoms with Gasteiger partial charge in [-0.25, -0.2) is 0 Å². The van der Waals surface area contributed by atoms with E-state index in [1.807, 2.05) is 0 Å². The third-order valence-corrected chi connectivity index (χ3v) is 3.67. The average molecular weight is 256 g/mol. The molecule has 12 heavy (non-hydrogen) atoms. The molecule has 72 valence electrons. The van der Waals surface area contributed by atoms with E-state index in [0.29, 0.717) is 0 Å². The Morgan fingerprint density at radius 3 is 2.25 bits per heavy atom. The third kappa shape index (κ3) is 3.90. The SMILES string of the molecule is CCCCC(Br)(CCC)C(=O)Cl. The Labute approximate surface area is 88.0 Å². The Kier molecular flexibility index (Phi) is 6.20. The summed E-state index contributed by atoms with van der Waals surface area (Å²) in [5.41, 5.74) is 0. The first-order valence-electron chi connectivity index (χ1n) is 4.45. The summed E-state index contributed by atoms with van der Waals surface area (Å²) in [5, 5.41) is -0.252. The number of alkyl halides is 1. The zero-order valence-electron chi connectivity index (χ0n) is 7.70. The number of halogens is 2. The minimum atomic E-state index is -0.459. The molecule has 0 amide bonds.